The predicted octanol–water partition coefficient (Wildman–Crippen LogP) is 4.58. The second-order valence-electron chi connectivity index (χ2n) is 5.67. The number of aromatic nitrogens is 1. The van der Waals surface area contributed by atoms with Gasteiger partial charge < -0.3 is 9.47 Å². The number of nitrogens with zero attached hydrogens (tertiary/aromatic N) is 1. The number of nitrogens with one attached hydrogen (secondary N) is 1. The zero-order valence-corrected chi connectivity index (χ0v) is 15.6. The van der Waals surface area contributed by atoms with E-state index in [1.54, 1.807) is 39.8 Å². The molecule has 0 spiro atoms. The van der Waals surface area contributed by atoms with Crippen LogP contribution in [0.25, 0.3) is 10.2 Å². The van der Waals surface area contributed by atoms with E-state index in [9.17, 15) is 9.59 Å². The lowest BCUT2D eigenvalue weighted by Gasteiger charge is -2.18. The molecule has 2 rings (SSSR count). The number of fused-ring (bicyclic) bond motifs is 1. The Balaban J connectivity index is 2.26. The van der Waals surface area contributed by atoms with Gasteiger partial charge in [-0.2, -0.15) is 0 Å². The van der Waals surface area contributed by atoms with Gasteiger partial charge in [-0.15, -0.1) is 0 Å². The highest BCUT2D eigenvalue weighted by Crippen LogP contribution is 2.33. The molecule has 124 valence electrons. The van der Waals surface area contributed by atoms with E-state index in [1.165, 1.54) is 11.3 Å². The van der Waals surface area contributed by atoms with E-state index in [0.29, 0.717) is 27.3 Å². The number of halogens is 1. The second-order valence-corrected chi connectivity index (χ2v) is 7.56. The van der Waals surface area contributed by atoms with Crippen LogP contribution in [0.3, 0.4) is 0 Å². The zero-order valence-electron chi connectivity index (χ0n) is 13.2. The summed E-state index contributed by atoms with van der Waals surface area (Å²) in [6.07, 6.45) is -0.571. The number of benzene rings is 1. The third kappa shape index (κ3) is 4.65. The molecule has 1 heterocycles. The smallest absolute Gasteiger partial charge is 0.413 e. The first-order valence-corrected chi connectivity index (χ1v) is 8.58. The molecule has 1 aromatic carbocycles. The number of hydrogen-bond donors (Lipinski definition) is 1. The average molecular weight is 401 g/mol. The lowest BCUT2D eigenvalue weighted by molar-refractivity contribution is 0.0525. The van der Waals surface area contributed by atoms with Gasteiger partial charge in [0.2, 0.25) is 0 Å². The minimum absolute atomic E-state index is 0.308. The van der Waals surface area contributed by atoms with E-state index >= 15 is 0 Å². The molecule has 0 aliphatic heterocycles. The molecule has 0 bridgehead atoms. The van der Waals surface area contributed by atoms with Crippen molar-refractivity contribution in [3.63, 3.8) is 0 Å². The third-order valence-electron chi connectivity index (χ3n) is 2.57. The van der Waals surface area contributed by atoms with E-state index in [0.717, 1.165) is 4.70 Å². The molecule has 0 saturated heterocycles. The van der Waals surface area contributed by atoms with Gasteiger partial charge in [-0.25, -0.2) is 14.6 Å². The van der Waals surface area contributed by atoms with Crippen molar-refractivity contribution in [2.75, 3.05) is 11.9 Å². The number of hydrogen-bond acceptors (Lipinski definition) is 6. The quantitative estimate of drug-likeness (QED) is 0.762. The van der Waals surface area contributed by atoms with Crippen molar-refractivity contribution in [2.45, 2.75) is 33.3 Å². The largest absolute Gasteiger partial charge is 0.462 e. The van der Waals surface area contributed by atoms with Crippen molar-refractivity contribution < 1.29 is 19.1 Å². The van der Waals surface area contributed by atoms with E-state index in [-0.39, 0.29) is 0 Å². The van der Waals surface area contributed by atoms with Crippen LogP contribution in [0.15, 0.2) is 16.6 Å². The highest BCUT2D eigenvalue weighted by atomic mass is 79.9. The Labute approximate surface area is 146 Å². The SMILES string of the molecule is CCOC(=O)c1cc(Br)c2nc(NC(=O)OC(C)(C)C)sc2c1. The molecular formula is C15H17BrN2O4S. The monoisotopic (exact) mass is 400 g/mol. The van der Waals surface area contributed by atoms with E-state index in [4.69, 9.17) is 9.47 Å². The molecule has 0 aliphatic rings. The number of anilines is 1. The zero-order chi connectivity index (χ0) is 17.2. The molecule has 1 amide bonds. The Morgan fingerprint density at radius 1 is 1.35 bits per heavy atom. The minimum Gasteiger partial charge on any atom is -0.462 e. The van der Waals surface area contributed by atoms with Crippen molar-refractivity contribution in [1.82, 2.24) is 4.98 Å². The summed E-state index contributed by atoms with van der Waals surface area (Å²) < 4.78 is 11.6. The molecule has 23 heavy (non-hydrogen) atoms. The summed E-state index contributed by atoms with van der Waals surface area (Å²) in [6.45, 7) is 7.41. The summed E-state index contributed by atoms with van der Waals surface area (Å²) in [4.78, 5) is 28.0. The summed E-state index contributed by atoms with van der Waals surface area (Å²) in [5, 5.41) is 3.00. The fourth-order valence-corrected chi connectivity index (χ4v) is 3.36. The summed E-state index contributed by atoms with van der Waals surface area (Å²) >= 11 is 4.64. The Morgan fingerprint density at radius 2 is 2.04 bits per heavy atom. The van der Waals surface area contributed by atoms with Gasteiger partial charge in [0.25, 0.3) is 0 Å². The van der Waals surface area contributed by atoms with Crippen LogP contribution in [-0.4, -0.2) is 29.3 Å². The number of carbonyl (C=O) groups excluding carboxylic acids is 2. The van der Waals surface area contributed by atoms with Crippen LogP contribution < -0.4 is 5.32 Å². The van der Waals surface area contributed by atoms with Gasteiger partial charge in [-0.05, 0) is 55.8 Å². The maximum Gasteiger partial charge on any atom is 0.413 e. The van der Waals surface area contributed by atoms with Crippen LogP contribution >= 0.6 is 27.3 Å². The van der Waals surface area contributed by atoms with Crippen LogP contribution in [0.5, 0.6) is 0 Å². The Hall–Kier alpha value is -1.67. The topological polar surface area (TPSA) is 77.5 Å². The first-order chi connectivity index (χ1) is 10.7. The highest BCUT2D eigenvalue weighted by molar-refractivity contribution is 9.10. The van der Waals surface area contributed by atoms with Crippen LogP contribution in [-0.2, 0) is 9.47 Å². The molecule has 0 saturated carbocycles. The molecule has 0 fully saturated rings. The lowest BCUT2D eigenvalue weighted by atomic mass is 10.2. The van der Waals surface area contributed by atoms with E-state index < -0.39 is 17.7 Å². The summed E-state index contributed by atoms with van der Waals surface area (Å²) in [6, 6.07) is 3.34. The third-order valence-corrected chi connectivity index (χ3v) is 4.09. The molecule has 2 aromatic rings. The fraction of sp³-hybridized carbons (Fsp3) is 0.400. The molecule has 0 atom stereocenters. The van der Waals surface area contributed by atoms with Crippen molar-refractivity contribution in [2.24, 2.45) is 0 Å². The molecule has 0 unspecified atom stereocenters. The van der Waals surface area contributed by atoms with Crippen LogP contribution in [0.1, 0.15) is 38.1 Å². The van der Waals surface area contributed by atoms with Gasteiger partial charge >= 0.3 is 12.1 Å². The number of rotatable bonds is 3. The molecule has 8 heteroatoms. The maximum atomic E-state index is 11.8. The van der Waals surface area contributed by atoms with Gasteiger partial charge in [0, 0.05) is 4.47 Å². The van der Waals surface area contributed by atoms with Crippen molar-refractivity contribution >= 4 is 54.7 Å². The van der Waals surface area contributed by atoms with E-state index in [1.807, 2.05) is 0 Å². The molecule has 1 N–H and O–H groups in total. The van der Waals surface area contributed by atoms with Gasteiger partial charge in [0.15, 0.2) is 5.13 Å². The molecule has 0 aliphatic carbocycles. The molecular weight excluding hydrogens is 384 g/mol. The number of amides is 1. The normalized spacial score (nSPS) is 11.3. The summed E-state index contributed by atoms with van der Waals surface area (Å²) in [5.74, 6) is -0.398. The Kier molecular flexibility index (Phi) is 5.26. The minimum atomic E-state index is -0.585. The van der Waals surface area contributed by atoms with Gasteiger partial charge in [-0.1, -0.05) is 11.3 Å². The van der Waals surface area contributed by atoms with Crippen LogP contribution in [0.2, 0.25) is 0 Å². The first-order valence-electron chi connectivity index (χ1n) is 6.97. The first kappa shape index (κ1) is 17.7. The fourth-order valence-electron chi connectivity index (χ4n) is 1.77. The van der Waals surface area contributed by atoms with Crippen LogP contribution in [0, 0.1) is 0 Å². The predicted molar refractivity (Wildman–Crippen MR) is 93.1 cm³/mol. The number of esters is 1. The Bertz CT molecular complexity index is 752. The Morgan fingerprint density at radius 3 is 2.65 bits per heavy atom. The molecule has 1 aromatic heterocycles. The van der Waals surface area contributed by atoms with Crippen LogP contribution in [0.4, 0.5) is 9.93 Å². The summed E-state index contributed by atoms with van der Waals surface area (Å²) in [7, 11) is 0. The van der Waals surface area contributed by atoms with E-state index in [2.05, 4.69) is 26.2 Å². The maximum absolute atomic E-state index is 11.8. The molecule has 0 radical (unpaired) electrons. The van der Waals surface area contributed by atoms with Crippen molar-refractivity contribution in [1.29, 1.82) is 0 Å². The van der Waals surface area contributed by atoms with Crippen molar-refractivity contribution in [3.05, 3.63) is 22.2 Å². The molecule has 6 nitrogen and oxygen atoms in total. The lowest BCUT2D eigenvalue weighted by Crippen LogP contribution is -2.27. The summed E-state index contributed by atoms with van der Waals surface area (Å²) in [5.41, 5.74) is 0.506. The number of thiazole rings is 1. The van der Waals surface area contributed by atoms with Gasteiger partial charge in [-0.3, -0.25) is 5.32 Å². The highest BCUT2D eigenvalue weighted by Gasteiger charge is 2.19. The van der Waals surface area contributed by atoms with Gasteiger partial charge in [0.05, 0.1) is 22.4 Å². The second kappa shape index (κ2) is 6.84. The van der Waals surface area contributed by atoms with Gasteiger partial charge in [0.1, 0.15) is 5.60 Å². The average Bonchev–Trinajstić information content (AvgIpc) is 2.79. The number of carbonyl (C=O) groups is 2. The standard InChI is InChI=1S/C15H17BrN2O4S/c1-5-21-12(19)8-6-9(16)11-10(7-8)23-13(17-11)18-14(20)22-15(2,3)4/h6-7H,5H2,1-4H3,(H,17,18,20). The number of ether oxygens (including phenoxy) is 2. The van der Waals surface area contributed by atoms with Crippen molar-refractivity contribution in [3.8, 4) is 0 Å².